The lowest BCUT2D eigenvalue weighted by Gasteiger charge is -2.50. The zero-order chi connectivity index (χ0) is 37.0. The molecule has 3 rings (SSSR count). The highest BCUT2D eigenvalue weighted by atomic mass is 16.5. The second-order valence-electron chi connectivity index (χ2n) is 17.3. The molecule has 13 nitrogen and oxygen atoms in total. The number of ether oxygens (including phenoxy) is 2. The van der Waals surface area contributed by atoms with Crippen LogP contribution in [0.4, 0.5) is 11.9 Å². The lowest BCUT2D eigenvalue weighted by atomic mass is 9.79. The van der Waals surface area contributed by atoms with Crippen LogP contribution in [0.5, 0.6) is 0 Å². The number of nitrogens with two attached hydrogens (primary N) is 2. The van der Waals surface area contributed by atoms with Gasteiger partial charge in [-0.05, 0) is 126 Å². The highest BCUT2D eigenvalue weighted by molar-refractivity contribution is 5.42. The predicted molar refractivity (Wildman–Crippen MR) is 207 cm³/mol. The van der Waals surface area contributed by atoms with Crippen molar-refractivity contribution in [2.75, 3.05) is 83.0 Å². The van der Waals surface area contributed by atoms with Gasteiger partial charge in [0.2, 0.25) is 11.9 Å². The van der Waals surface area contributed by atoms with Gasteiger partial charge < -0.3 is 52.0 Å². The fourth-order valence-electron chi connectivity index (χ4n) is 8.46. The topological polar surface area (TPSA) is 164 Å². The van der Waals surface area contributed by atoms with Gasteiger partial charge in [-0.15, -0.1) is 0 Å². The standard InChI is InChI=1S/C37H75N11O2/c1-34(2)24-28(25-35(3,4)45-34)47(20-12-22-49-9)32-42-31(30(39)14-17-41-19-18-40-16-11-15-38)43-33(44-32)48(21-13-23-50-10)29-26-36(5,6)46-37(7,8)27-29/h28-30,40-41,45-46H,11-27,38-39H2,1-10H3. The maximum Gasteiger partial charge on any atom is 0.230 e. The smallest absolute Gasteiger partial charge is 0.230 e. The van der Waals surface area contributed by atoms with Gasteiger partial charge in [0.15, 0.2) is 5.82 Å². The molecule has 1 atom stereocenters. The fraction of sp³-hybridized carbons (Fsp3) is 0.919. The third-order valence-corrected chi connectivity index (χ3v) is 9.86. The number of piperidine rings is 2. The number of anilines is 2. The van der Waals surface area contributed by atoms with Crippen LogP contribution < -0.4 is 42.5 Å². The third kappa shape index (κ3) is 14.0. The molecule has 1 unspecified atom stereocenters. The zero-order valence-corrected chi connectivity index (χ0v) is 33.5. The summed E-state index contributed by atoms with van der Waals surface area (Å²) in [5.41, 5.74) is 12.4. The molecular formula is C37H75N11O2. The average molecular weight is 706 g/mol. The van der Waals surface area contributed by atoms with Crippen molar-refractivity contribution in [3.8, 4) is 0 Å². The first-order chi connectivity index (χ1) is 23.5. The Hall–Kier alpha value is -1.71. The molecule has 2 fully saturated rings. The first kappa shape index (κ1) is 42.7. The van der Waals surface area contributed by atoms with Crippen molar-refractivity contribution in [3.05, 3.63) is 5.82 Å². The summed E-state index contributed by atoms with van der Waals surface area (Å²) in [5, 5.41) is 14.7. The van der Waals surface area contributed by atoms with E-state index in [0.29, 0.717) is 25.6 Å². The summed E-state index contributed by atoms with van der Waals surface area (Å²) < 4.78 is 11.1. The molecule has 3 heterocycles. The van der Waals surface area contributed by atoms with E-state index in [1.54, 1.807) is 14.2 Å². The van der Waals surface area contributed by atoms with Crippen LogP contribution in [0, 0.1) is 0 Å². The molecule has 0 bridgehead atoms. The summed E-state index contributed by atoms with van der Waals surface area (Å²) in [7, 11) is 3.53. The minimum absolute atomic E-state index is 0.0374. The van der Waals surface area contributed by atoms with Gasteiger partial charge in [0.25, 0.3) is 0 Å². The van der Waals surface area contributed by atoms with Crippen LogP contribution in [0.3, 0.4) is 0 Å². The number of hydrogen-bond donors (Lipinski definition) is 6. The van der Waals surface area contributed by atoms with Crippen LogP contribution >= 0.6 is 0 Å². The number of aromatic nitrogens is 3. The molecule has 0 amide bonds. The van der Waals surface area contributed by atoms with Crippen molar-refractivity contribution < 1.29 is 9.47 Å². The van der Waals surface area contributed by atoms with Crippen molar-refractivity contribution in [2.45, 2.75) is 147 Å². The van der Waals surface area contributed by atoms with Crippen molar-refractivity contribution >= 4 is 11.9 Å². The van der Waals surface area contributed by atoms with E-state index in [-0.39, 0.29) is 40.3 Å². The van der Waals surface area contributed by atoms with E-state index in [9.17, 15) is 0 Å². The Morgan fingerprint density at radius 2 is 1.10 bits per heavy atom. The molecule has 0 aromatic carbocycles. The molecular weight excluding hydrogens is 630 g/mol. The molecule has 0 radical (unpaired) electrons. The molecule has 0 saturated carbocycles. The summed E-state index contributed by atoms with van der Waals surface area (Å²) in [6, 6.07) is 0.144. The second kappa shape index (κ2) is 19.4. The van der Waals surface area contributed by atoms with E-state index in [4.69, 9.17) is 35.9 Å². The maximum absolute atomic E-state index is 6.97. The van der Waals surface area contributed by atoms with Gasteiger partial charge in [-0.2, -0.15) is 15.0 Å². The van der Waals surface area contributed by atoms with Crippen LogP contribution in [-0.4, -0.2) is 122 Å². The molecule has 0 spiro atoms. The van der Waals surface area contributed by atoms with Crippen LogP contribution in [0.2, 0.25) is 0 Å². The number of nitrogens with one attached hydrogen (secondary N) is 4. The molecule has 0 aliphatic carbocycles. The molecule has 1 aromatic rings. The quantitative estimate of drug-likeness (QED) is 0.0977. The SMILES string of the molecule is COCCCN(c1nc(C(N)CCNCCNCCCN)nc(N(CCCOC)C2CC(C)(C)NC(C)(C)C2)n1)C1CC(C)(C)NC(C)(C)C1. The first-order valence-electron chi connectivity index (χ1n) is 19.2. The van der Waals surface area contributed by atoms with E-state index in [1.165, 1.54) is 0 Å². The van der Waals surface area contributed by atoms with E-state index >= 15 is 0 Å². The van der Waals surface area contributed by atoms with Gasteiger partial charge in [-0.25, -0.2) is 0 Å². The van der Waals surface area contributed by atoms with E-state index in [0.717, 1.165) is 103 Å². The van der Waals surface area contributed by atoms with Crippen molar-refractivity contribution in [1.29, 1.82) is 0 Å². The monoisotopic (exact) mass is 706 g/mol. The highest BCUT2D eigenvalue weighted by Crippen LogP contribution is 2.36. The Morgan fingerprint density at radius 3 is 1.50 bits per heavy atom. The fourth-order valence-corrected chi connectivity index (χ4v) is 8.46. The number of nitrogens with zero attached hydrogens (tertiary/aromatic N) is 5. The molecule has 50 heavy (non-hydrogen) atoms. The van der Waals surface area contributed by atoms with Crippen LogP contribution in [0.1, 0.15) is 119 Å². The van der Waals surface area contributed by atoms with Crippen LogP contribution in [0.15, 0.2) is 0 Å². The van der Waals surface area contributed by atoms with Gasteiger partial charge in [0, 0.05) is 87.9 Å². The van der Waals surface area contributed by atoms with Gasteiger partial charge >= 0.3 is 0 Å². The Bertz CT molecular complexity index is 1030. The summed E-state index contributed by atoms with van der Waals surface area (Å²) in [4.78, 5) is 20.7. The Balaban J connectivity index is 2.04. The minimum atomic E-state index is -0.336. The molecule has 290 valence electrons. The summed E-state index contributed by atoms with van der Waals surface area (Å²) in [5.74, 6) is 2.09. The molecule has 2 saturated heterocycles. The van der Waals surface area contributed by atoms with Gasteiger partial charge in [-0.3, -0.25) is 0 Å². The van der Waals surface area contributed by atoms with Crippen molar-refractivity contribution in [2.24, 2.45) is 11.5 Å². The third-order valence-electron chi connectivity index (χ3n) is 9.86. The average Bonchev–Trinajstić information content (AvgIpc) is 2.99. The predicted octanol–water partition coefficient (Wildman–Crippen LogP) is 3.09. The second-order valence-corrected chi connectivity index (χ2v) is 17.3. The summed E-state index contributed by atoms with van der Waals surface area (Å²) >= 11 is 0. The molecule has 8 N–H and O–H groups in total. The number of rotatable bonds is 22. The minimum Gasteiger partial charge on any atom is -0.385 e. The normalized spacial score (nSPS) is 20.9. The number of methoxy groups -OCH3 is 2. The molecule has 13 heteroatoms. The first-order valence-corrected chi connectivity index (χ1v) is 19.2. The van der Waals surface area contributed by atoms with Crippen LogP contribution in [0.25, 0.3) is 0 Å². The number of hydrogen-bond acceptors (Lipinski definition) is 13. The molecule has 2 aliphatic rings. The van der Waals surface area contributed by atoms with Crippen LogP contribution in [-0.2, 0) is 9.47 Å². The lowest BCUT2D eigenvalue weighted by Crippen LogP contribution is -2.63. The van der Waals surface area contributed by atoms with E-state index in [1.807, 2.05) is 0 Å². The van der Waals surface area contributed by atoms with Gasteiger partial charge in [0.1, 0.15) is 0 Å². The Morgan fingerprint density at radius 1 is 0.680 bits per heavy atom. The lowest BCUT2D eigenvalue weighted by molar-refractivity contribution is 0.154. The Labute approximate surface area is 304 Å². The van der Waals surface area contributed by atoms with Gasteiger partial charge in [-0.1, -0.05) is 0 Å². The van der Waals surface area contributed by atoms with Gasteiger partial charge in [0.05, 0.1) is 6.04 Å². The van der Waals surface area contributed by atoms with E-state index < -0.39 is 0 Å². The summed E-state index contributed by atoms with van der Waals surface area (Å²) in [6.07, 6.45) is 7.36. The zero-order valence-electron chi connectivity index (χ0n) is 33.5. The highest BCUT2D eigenvalue weighted by Gasteiger charge is 2.43. The van der Waals surface area contributed by atoms with Crippen molar-refractivity contribution in [3.63, 3.8) is 0 Å². The summed E-state index contributed by atoms with van der Waals surface area (Å²) in [6.45, 7) is 25.5. The largest absolute Gasteiger partial charge is 0.385 e. The molecule has 2 aliphatic heterocycles. The Kier molecular flexibility index (Phi) is 16.6. The maximum atomic E-state index is 6.97. The van der Waals surface area contributed by atoms with E-state index in [2.05, 4.69) is 86.5 Å². The van der Waals surface area contributed by atoms with Crippen molar-refractivity contribution in [1.82, 2.24) is 36.2 Å². The molecule has 1 aromatic heterocycles.